The Hall–Kier alpha value is -3.85. The van der Waals surface area contributed by atoms with Gasteiger partial charge in [-0.15, -0.1) is 11.8 Å². The largest absolute Gasteiger partial charge is 0.325 e. The maximum absolute atomic E-state index is 13.4. The molecule has 0 aliphatic carbocycles. The lowest BCUT2D eigenvalue weighted by Gasteiger charge is -2.16. The van der Waals surface area contributed by atoms with E-state index >= 15 is 0 Å². The number of carbonyl (C=O) groups is 3. The summed E-state index contributed by atoms with van der Waals surface area (Å²) in [5.74, 6) is -1.03. The highest BCUT2D eigenvalue weighted by Gasteiger charge is 2.19. The molecule has 1 atom stereocenters. The van der Waals surface area contributed by atoms with E-state index in [1.807, 2.05) is 43.3 Å². The summed E-state index contributed by atoms with van der Waals surface area (Å²) in [6, 6.07) is 30.3. The Morgan fingerprint density at radius 2 is 1.56 bits per heavy atom. The molecule has 208 valence electrons. The number of rotatable bonds is 10. The Balaban J connectivity index is 1.50. The molecule has 1 unspecified atom stereocenters. The van der Waals surface area contributed by atoms with Crippen LogP contribution < -0.4 is 16.0 Å². The Morgan fingerprint density at radius 3 is 2.27 bits per heavy atom. The zero-order valence-corrected chi connectivity index (χ0v) is 25.2. The van der Waals surface area contributed by atoms with Crippen molar-refractivity contribution in [1.29, 1.82) is 0 Å². The van der Waals surface area contributed by atoms with Crippen LogP contribution in [0.4, 0.5) is 11.4 Å². The fraction of sp³-hybridized carbons (Fsp3) is 0.0938. The minimum absolute atomic E-state index is 0.0855. The average molecular weight is 649 g/mol. The monoisotopic (exact) mass is 647 g/mol. The first-order chi connectivity index (χ1) is 19.8. The smallest absolute Gasteiger partial charge is 0.272 e. The minimum atomic E-state index is -0.484. The molecule has 0 fully saturated rings. The van der Waals surface area contributed by atoms with E-state index in [0.717, 1.165) is 14.9 Å². The minimum Gasteiger partial charge on any atom is -0.325 e. The summed E-state index contributed by atoms with van der Waals surface area (Å²) in [5, 5.41) is 8.71. The van der Waals surface area contributed by atoms with Crippen molar-refractivity contribution >= 4 is 74.5 Å². The van der Waals surface area contributed by atoms with Crippen LogP contribution in [-0.2, 0) is 9.59 Å². The first-order valence-corrected chi connectivity index (χ1v) is 14.8. The molecule has 0 radical (unpaired) electrons. The van der Waals surface area contributed by atoms with Gasteiger partial charge in [0.2, 0.25) is 5.91 Å². The summed E-state index contributed by atoms with van der Waals surface area (Å²) in [7, 11) is 0. The molecule has 3 N–H and O–H groups in total. The van der Waals surface area contributed by atoms with E-state index in [-0.39, 0.29) is 16.9 Å². The van der Waals surface area contributed by atoms with Gasteiger partial charge in [0.1, 0.15) is 5.70 Å². The van der Waals surface area contributed by atoms with E-state index in [1.54, 1.807) is 72.8 Å². The third kappa shape index (κ3) is 9.08. The van der Waals surface area contributed by atoms with E-state index in [0.29, 0.717) is 28.4 Å². The summed E-state index contributed by atoms with van der Waals surface area (Å²) < 4.78 is 0.843. The van der Waals surface area contributed by atoms with Gasteiger partial charge in [-0.25, -0.2) is 0 Å². The zero-order chi connectivity index (χ0) is 29.2. The average Bonchev–Trinajstić information content (AvgIpc) is 2.96. The number of carbonyl (C=O) groups excluding carboxylic acids is 3. The number of amides is 3. The first kappa shape index (κ1) is 30.1. The Labute approximate surface area is 256 Å². The normalized spacial score (nSPS) is 11.8. The van der Waals surface area contributed by atoms with Crippen LogP contribution in [0.15, 0.2) is 118 Å². The van der Waals surface area contributed by atoms with Crippen molar-refractivity contribution in [3.05, 3.63) is 129 Å². The van der Waals surface area contributed by atoms with Gasteiger partial charge in [-0.2, -0.15) is 0 Å². The fourth-order valence-electron chi connectivity index (χ4n) is 3.83. The van der Waals surface area contributed by atoms with Gasteiger partial charge in [0.05, 0.1) is 5.25 Å². The third-order valence-electron chi connectivity index (χ3n) is 5.81. The Bertz CT molecular complexity index is 1580. The van der Waals surface area contributed by atoms with E-state index in [2.05, 4.69) is 31.9 Å². The standard InChI is InChI=1S/C32H27BrClN3O3S/c1-2-29(32(40)36-25-14-7-13-24(34)19-25)41-27-16-8-15-26(20-27)35-31(39)28(18-21-9-6-12-23(33)17-21)37-30(38)22-10-4-3-5-11-22/h3-20,29H,2H2,1H3,(H,35,39)(H,36,40)(H,37,38)/b28-18+. The topological polar surface area (TPSA) is 87.3 Å². The highest BCUT2D eigenvalue weighted by atomic mass is 79.9. The van der Waals surface area contributed by atoms with Crippen LogP contribution in [0.1, 0.15) is 29.3 Å². The molecule has 4 rings (SSSR count). The third-order valence-corrected chi connectivity index (χ3v) is 7.90. The fourth-order valence-corrected chi connectivity index (χ4v) is 5.45. The lowest BCUT2D eigenvalue weighted by molar-refractivity contribution is -0.116. The van der Waals surface area contributed by atoms with Gasteiger partial charge < -0.3 is 16.0 Å². The summed E-state index contributed by atoms with van der Waals surface area (Å²) in [4.78, 5) is 40.1. The van der Waals surface area contributed by atoms with Gasteiger partial charge in [0.15, 0.2) is 0 Å². The molecule has 0 heterocycles. The number of anilines is 2. The molecule has 0 aliphatic heterocycles. The molecule has 4 aromatic rings. The SMILES string of the molecule is CCC(Sc1cccc(NC(=O)/C(=C\c2cccc(Br)c2)NC(=O)c2ccccc2)c1)C(=O)Nc1cccc(Cl)c1. The van der Waals surface area contributed by atoms with Gasteiger partial charge in [-0.3, -0.25) is 14.4 Å². The number of hydrogen-bond donors (Lipinski definition) is 3. The van der Waals surface area contributed by atoms with Crippen molar-refractivity contribution in [2.75, 3.05) is 10.6 Å². The van der Waals surface area contributed by atoms with Gasteiger partial charge >= 0.3 is 0 Å². The molecule has 0 saturated heterocycles. The number of benzene rings is 4. The number of nitrogens with one attached hydrogen (secondary N) is 3. The van der Waals surface area contributed by atoms with E-state index in [9.17, 15) is 14.4 Å². The molecule has 0 bridgehead atoms. The lowest BCUT2D eigenvalue weighted by Crippen LogP contribution is -2.30. The quantitative estimate of drug-likeness (QED) is 0.120. The Kier molecular flexibility index (Phi) is 10.8. The molecule has 4 aromatic carbocycles. The van der Waals surface area contributed by atoms with Crippen LogP contribution in [0.2, 0.25) is 5.02 Å². The van der Waals surface area contributed by atoms with Crippen molar-refractivity contribution in [3.63, 3.8) is 0 Å². The van der Waals surface area contributed by atoms with Crippen molar-refractivity contribution < 1.29 is 14.4 Å². The van der Waals surface area contributed by atoms with Crippen LogP contribution in [-0.4, -0.2) is 23.0 Å². The second kappa shape index (κ2) is 14.7. The highest BCUT2D eigenvalue weighted by Crippen LogP contribution is 2.29. The molecule has 0 saturated carbocycles. The summed E-state index contributed by atoms with van der Waals surface area (Å²) in [6.07, 6.45) is 2.21. The van der Waals surface area contributed by atoms with Gasteiger partial charge in [0, 0.05) is 31.3 Å². The van der Waals surface area contributed by atoms with E-state index in [4.69, 9.17) is 11.6 Å². The van der Waals surface area contributed by atoms with Gasteiger partial charge in [-0.05, 0) is 78.7 Å². The molecule has 0 aliphatic rings. The highest BCUT2D eigenvalue weighted by molar-refractivity contribution is 9.10. The molecule has 0 aromatic heterocycles. The molecule has 6 nitrogen and oxygen atoms in total. The first-order valence-electron chi connectivity index (χ1n) is 12.8. The van der Waals surface area contributed by atoms with Crippen molar-refractivity contribution in [3.8, 4) is 0 Å². The van der Waals surface area contributed by atoms with Crippen LogP contribution in [0.25, 0.3) is 6.08 Å². The second-order valence-corrected chi connectivity index (χ2v) is 11.6. The van der Waals surface area contributed by atoms with Gasteiger partial charge in [0.25, 0.3) is 11.8 Å². The van der Waals surface area contributed by atoms with E-state index < -0.39 is 11.8 Å². The van der Waals surface area contributed by atoms with E-state index in [1.165, 1.54) is 11.8 Å². The lowest BCUT2D eigenvalue weighted by atomic mass is 10.1. The second-order valence-electron chi connectivity index (χ2n) is 8.93. The van der Waals surface area contributed by atoms with Crippen LogP contribution in [0.3, 0.4) is 0 Å². The van der Waals surface area contributed by atoms with Crippen molar-refractivity contribution in [2.24, 2.45) is 0 Å². The summed E-state index contributed by atoms with van der Waals surface area (Å²) >= 11 is 10.9. The molecule has 0 spiro atoms. The number of thioether (sulfide) groups is 1. The van der Waals surface area contributed by atoms with Gasteiger partial charge in [-0.1, -0.05) is 76.9 Å². The maximum atomic E-state index is 13.4. The van der Waals surface area contributed by atoms with Crippen molar-refractivity contribution in [2.45, 2.75) is 23.5 Å². The molecule has 3 amide bonds. The van der Waals surface area contributed by atoms with Crippen molar-refractivity contribution in [1.82, 2.24) is 5.32 Å². The summed E-state index contributed by atoms with van der Waals surface area (Å²) in [6.45, 7) is 1.94. The molecule has 9 heteroatoms. The van der Waals surface area contributed by atoms with Crippen LogP contribution in [0.5, 0.6) is 0 Å². The van der Waals surface area contributed by atoms with Crippen LogP contribution in [0, 0.1) is 0 Å². The molecular weight excluding hydrogens is 622 g/mol. The predicted octanol–water partition coefficient (Wildman–Crippen LogP) is 8.02. The summed E-state index contributed by atoms with van der Waals surface area (Å²) in [5.41, 5.74) is 2.41. The zero-order valence-electron chi connectivity index (χ0n) is 22.1. The molecule has 41 heavy (non-hydrogen) atoms. The predicted molar refractivity (Wildman–Crippen MR) is 171 cm³/mol. The van der Waals surface area contributed by atoms with Crippen LogP contribution >= 0.6 is 39.3 Å². The maximum Gasteiger partial charge on any atom is 0.272 e. The number of hydrogen-bond acceptors (Lipinski definition) is 4. The Morgan fingerprint density at radius 1 is 0.854 bits per heavy atom. The molecular formula is C32H27BrClN3O3S. The number of halogens is 2.